The molecule has 0 saturated heterocycles. The standard InChI is InChI=1S/C14H23NO.ClH/c1-9(2)13-8-14(16-5)10(3)6-12(13)7-11(4)15;/h6,8-9,11H,7,15H2,1-5H3;1H. The van der Waals surface area contributed by atoms with Gasteiger partial charge in [0.1, 0.15) is 5.75 Å². The molecule has 17 heavy (non-hydrogen) atoms. The summed E-state index contributed by atoms with van der Waals surface area (Å²) in [5.41, 5.74) is 9.76. The van der Waals surface area contributed by atoms with Crippen molar-refractivity contribution in [3.63, 3.8) is 0 Å². The first-order valence-corrected chi connectivity index (χ1v) is 5.88. The van der Waals surface area contributed by atoms with Crippen molar-refractivity contribution in [2.75, 3.05) is 7.11 Å². The van der Waals surface area contributed by atoms with Crippen molar-refractivity contribution in [1.29, 1.82) is 0 Å². The zero-order chi connectivity index (χ0) is 12.3. The van der Waals surface area contributed by atoms with Gasteiger partial charge in [-0.3, -0.25) is 0 Å². The van der Waals surface area contributed by atoms with E-state index < -0.39 is 0 Å². The SMILES string of the molecule is COc1cc(C(C)C)c(CC(C)N)cc1C.Cl. The average Bonchev–Trinajstić information content (AvgIpc) is 2.16. The summed E-state index contributed by atoms with van der Waals surface area (Å²) >= 11 is 0. The molecule has 1 rings (SSSR count). The third-order valence-corrected chi connectivity index (χ3v) is 2.82. The van der Waals surface area contributed by atoms with E-state index in [1.54, 1.807) is 7.11 Å². The number of nitrogens with two attached hydrogens (primary N) is 1. The smallest absolute Gasteiger partial charge is 0.122 e. The zero-order valence-electron chi connectivity index (χ0n) is 11.4. The van der Waals surface area contributed by atoms with Crippen LogP contribution in [0.3, 0.4) is 0 Å². The van der Waals surface area contributed by atoms with Crippen molar-refractivity contribution < 1.29 is 4.74 Å². The predicted octanol–water partition coefficient (Wildman–Crippen LogP) is 3.44. The van der Waals surface area contributed by atoms with Crippen molar-refractivity contribution in [3.05, 3.63) is 28.8 Å². The van der Waals surface area contributed by atoms with E-state index in [1.165, 1.54) is 16.7 Å². The van der Waals surface area contributed by atoms with Gasteiger partial charge in [-0.2, -0.15) is 0 Å². The van der Waals surface area contributed by atoms with Crippen molar-refractivity contribution in [2.45, 2.75) is 46.1 Å². The molecular weight excluding hydrogens is 234 g/mol. The Hall–Kier alpha value is -0.730. The topological polar surface area (TPSA) is 35.2 Å². The minimum Gasteiger partial charge on any atom is -0.496 e. The van der Waals surface area contributed by atoms with Crippen molar-refractivity contribution in [3.8, 4) is 5.75 Å². The zero-order valence-corrected chi connectivity index (χ0v) is 12.2. The van der Waals surface area contributed by atoms with Crippen molar-refractivity contribution >= 4 is 12.4 Å². The second-order valence-corrected chi connectivity index (χ2v) is 4.86. The minimum absolute atomic E-state index is 0. The van der Waals surface area contributed by atoms with Crippen LogP contribution in [0.4, 0.5) is 0 Å². The van der Waals surface area contributed by atoms with Gasteiger partial charge < -0.3 is 10.5 Å². The Bertz CT molecular complexity index is 361. The molecule has 0 fully saturated rings. The molecule has 0 amide bonds. The van der Waals surface area contributed by atoms with E-state index in [-0.39, 0.29) is 18.4 Å². The molecule has 1 atom stereocenters. The van der Waals surface area contributed by atoms with Gasteiger partial charge >= 0.3 is 0 Å². The van der Waals surface area contributed by atoms with E-state index in [2.05, 4.69) is 32.9 Å². The van der Waals surface area contributed by atoms with Crippen LogP contribution in [0.25, 0.3) is 0 Å². The lowest BCUT2D eigenvalue weighted by atomic mass is 9.91. The first kappa shape index (κ1) is 16.3. The number of hydrogen-bond donors (Lipinski definition) is 1. The van der Waals surface area contributed by atoms with Gasteiger partial charge in [0.05, 0.1) is 7.11 Å². The van der Waals surface area contributed by atoms with Crippen LogP contribution in [0.1, 0.15) is 43.4 Å². The first-order chi connectivity index (χ1) is 7.45. The van der Waals surface area contributed by atoms with Crippen LogP contribution in [0.5, 0.6) is 5.75 Å². The third kappa shape index (κ3) is 4.21. The Morgan fingerprint density at radius 3 is 2.24 bits per heavy atom. The Kier molecular flexibility index (Phi) is 6.58. The highest BCUT2D eigenvalue weighted by Gasteiger charge is 2.12. The molecule has 0 aliphatic rings. The molecule has 0 aromatic heterocycles. The highest BCUT2D eigenvalue weighted by molar-refractivity contribution is 5.85. The van der Waals surface area contributed by atoms with Crippen LogP contribution in [-0.2, 0) is 6.42 Å². The monoisotopic (exact) mass is 257 g/mol. The molecular formula is C14H24ClNO. The summed E-state index contributed by atoms with van der Waals surface area (Å²) in [7, 11) is 1.72. The maximum Gasteiger partial charge on any atom is 0.122 e. The molecule has 1 unspecified atom stereocenters. The summed E-state index contributed by atoms with van der Waals surface area (Å²) in [6.45, 7) is 8.53. The Balaban J connectivity index is 0.00000256. The molecule has 2 nitrogen and oxygen atoms in total. The second kappa shape index (κ2) is 6.87. The van der Waals surface area contributed by atoms with Crippen molar-refractivity contribution in [1.82, 2.24) is 0 Å². The number of halogens is 1. The summed E-state index contributed by atoms with van der Waals surface area (Å²) in [6.07, 6.45) is 0.929. The highest BCUT2D eigenvalue weighted by atomic mass is 35.5. The Morgan fingerprint density at radius 2 is 1.82 bits per heavy atom. The van der Waals surface area contributed by atoms with E-state index in [0.29, 0.717) is 5.92 Å². The summed E-state index contributed by atoms with van der Waals surface area (Å²) in [4.78, 5) is 0. The van der Waals surface area contributed by atoms with Crippen LogP contribution >= 0.6 is 12.4 Å². The number of hydrogen-bond acceptors (Lipinski definition) is 2. The van der Waals surface area contributed by atoms with Crippen LogP contribution in [0, 0.1) is 6.92 Å². The normalized spacial score (nSPS) is 12.2. The summed E-state index contributed by atoms with van der Waals surface area (Å²) in [5, 5.41) is 0. The first-order valence-electron chi connectivity index (χ1n) is 5.88. The molecule has 0 saturated carbocycles. The molecule has 0 aliphatic carbocycles. The third-order valence-electron chi connectivity index (χ3n) is 2.82. The fourth-order valence-corrected chi connectivity index (χ4v) is 2.04. The van der Waals surface area contributed by atoms with Gasteiger partial charge in [-0.05, 0) is 48.9 Å². The molecule has 0 heterocycles. The molecule has 0 aliphatic heterocycles. The van der Waals surface area contributed by atoms with Gasteiger partial charge in [0.15, 0.2) is 0 Å². The fraction of sp³-hybridized carbons (Fsp3) is 0.571. The van der Waals surface area contributed by atoms with Gasteiger partial charge in [0, 0.05) is 6.04 Å². The Morgan fingerprint density at radius 1 is 1.24 bits per heavy atom. The quantitative estimate of drug-likeness (QED) is 0.897. The van der Waals surface area contributed by atoms with Crippen molar-refractivity contribution in [2.24, 2.45) is 5.73 Å². The maximum absolute atomic E-state index is 5.88. The lowest BCUT2D eigenvalue weighted by Crippen LogP contribution is -2.19. The molecule has 3 heteroatoms. The van der Waals surface area contributed by atoms with E-state index in [1.807, 2.05) is 6.92 Å². The molecule has 0 spiro atoms. The number of aryl methyl sites for hydroxylation is 1. The molecule has 0 radical (unpaired) electrons. The molecule has 1 aromatic carbocycles. The van der Waals surface area contributed by atoms with Gasteiger partial charge in [0.2, 0.25) is 0 Å². The molecule has 0 bridgehead atoms. The van der Waals surface area contributed by atoms with E-state index >= 15 is 0 Å². The van der Waals surface area contributed by atoms with Crippen LogP contribution in [0.15, 0.2) is 12.1 Å². The molecule has 98 valence electrons. The molecule has 2 N–H and O–H groups in total. The second-order valence-electron chi connectivity index (χ2n) is 4.86. The van der Waals surface area contributed by atoms with E-state index in [0.717, 1.165) is 12.2 Å². The predicted molar refractivity (Wildman–Crippen MR) is 76.4 cm³/mol. The number of ether oxygens (including phenoxy) is 1. The number of methoxy groups -OCH3 is 1. The number of rotatable bonds is 4. The lowest BCUT2D eigenvalue weighted by molar-refractivity contribution is 0.410. The average molecular weight is 258 g/mol. The van der Waals surface area contributed by atoms with Gasteiger partial charge in [-0.25, -0.2) is 0 Å². The minimum atomic E-state index is 0. The van der Waals surface area contributed by atoms with E-state index in [4.69, 9.17) is 10.5 Å². The highest BCUT2D eigenvalue weighted by Crippen LogP contribution is 2.28. The largest absolute Gasteiger partial charge is 0.496 e. The lowest BCUT2D eigenvalue weighted by Gasteiger charge is -2.17. The Labute approximate surface area is 111 Å². The van der Waals surface area contributed by atoms with Crippen LogP contribution in [-0.4, -0.2) is 13.2 Å². The van der Waals surface area contributed by atoms with Gasteiger partial charge in [0.25, 0.3) is 0 Å². The number of benzene rings is 1. The van der Waals surface area contributed by atoms with Crippen LogP contribution in [0.2, 0.25) is 0 Å². The van der Waals surface area contributed by atoms with Gasteiger partial charge in [-0.15, -0.1) is 12.4 Å². The van der Waals surface area contributed by atoms with Gasteiger partial charge in [-0.1, -0.05) is 19.9 Å². The summed E-state index contributed by atoms with van der Waals surface area (Å²) < 4.78 is 5.36. The maximum atomic E-state index is 5.88. The fourth-order valence-electron chi connectivity index (χ4n) is 2.04. The van der Waals surface area contributed by atoms with E-state index in [9.17, 15) is 0 Å². The summed E-state index contributed by atoms with van der Waals surface area (Å²) in [5.74, 6) is 1.47. The molecule has 1 aromatic rings. The summed E-state index contributed by atoms with van der Waals surface area (Å²) in [6, 6.07) is 4.56. The van der Waals surface area contributed by atoms with Crippen LogP contribution < -0.4 is 10.5 Å².